The number of rotatable bonds is 7. The molecule has 0 saturated carbocycles. The van der Waals surface area contributed by atoms with E-state index in [-0.39, 0.29) is 35.9 Å². The molecular formula is C23H21N3O6S. The maximum absolute atomic E-state index is 13.2. The third-order valence-electron chi connectivity index (χ3n) is 5.24. The molecule has 1 aliphatic heterocycles. The van der Waals surface area contributed by atoms with Crippen LogP contribution in [0.15, 0.2) is 52.3 Å². The highest BCUT2D eigenvalue weighted by Crippen LogP contribution is 2.32. The molecule has 10 heteroatoms. The molecule has 170 valence electrons. The smallest absolute Gasteiger partial charge is 0.288 e. The number of fused-ring (bicyclic) bond motifs is 1. The van der Waals surface area contributed by atoms with Gasteiger partial charge in [-0.05, 0) is 18.2 Å². The van der Waals surface area contributed by atoms with Gasteiger partial charge in [-0.2, -0.15) is 0 Å². The molecule has 2 aromatic carbocycles. The Morgan fingerprint density at radius 1 is 1.06 bits per heavy atom. The fraction of sp³-hybridized carbons (Fsp3) is 0.217. The Hall–Kier alpha value is -3.79. The van der Waals surface area contributed by atoms with Crippen LogP contribution in [0.1, 0.15) is 5.56 Å². The third-order valence-corrected chi connectivity index (χ3v) is 6.10. The topological polar surface area (TPSA) is 110 Å². The lowest BCUT2D eigenvalue weighted by atomic mass is 10.1. The first-order chi connectivity index (χ1) is 16.0. The number of carbonyl (C=O) groups is 2. The van der Waals surface area contributed by atoms with E-state index in [1.165, 1.54) is 25.0 Å². The Labute approximate surface area is 193 Å². The predicted molar refractivity (Wildman–Crippen MR) is 126 cm³/mol. The van der Waals surface area contributed by atoms with Crippen molar-refractivity contribution in [1.82, 2.24) is 9.47 Å². The van der Waals surface area contributed by atoms with Crippen LogP contribution in [0.2, 0.25) is 0 Å². The van der Waals surface area contributed by atoms with Crippen LogP contribution in [0.5, 0.6) is 17.4 Å². The zero-order chi connectivity index (χ0) is 23.5. The van der Waals surface area contributed by atoms with Crippen molar-refractivity contribution in [2.24, 2.45) is 4.99 Å². The molecule has 2 amide bonds. The van der Waals surface area contributed by atoms with Gasteiger partial charge in [0.15, 0.2) is 11.5 Å². The summed E-state index contributed by atoms with van der Waals surface area (Å²) in [5, 5.41) is 11.7. The van der Waals surface area contributed by atoms with E-state index in [0.29, 0.717) is 33.5 Å². The van der Waals surface area contributed by atoms with E-state index in [4.69, 9.17) is 9.47 Å². The molecule has 0 bridgehead atoms. The molecule has 1 aliphatic rings. The SMILES string of the molecule is COc1ccc(-n2c(O)c(C=NCCN3C(=O)CSC3=O)c3ccccc3c2=O)cc1OC. The van der Waals surface area contributed by atoms with Crippen molar-refractivity contribution in [3.63, 3.8) is 0 Å². The number of pyridine rings is 1. The monoisotopic (exact) mass is 467 g/mol. The van der Waals surface area contributed by atoms with Crippen molar-refractivity contribution >= 4 is 39.9 Å². The van der Waals surface area contributed by atoms with E-state index in [1.54, 1.807) is 42.5 Å². The molecule has 1 fully saturated rings. The Morgan fingerprint density at radius 3 is 2.45 bits per heavy atom. The van der Waals surface area contributed by atoms with Gasteiger partial charge in [-0.1, -0.05) is 30.0 Å². The summed E-state index contributed by atoms with van der Waals surface area (Å²) in [7, 11) is 2.99. The van der Waals surface area contributed by atoms with Gasteiger partial charge >= 0.3 is 0 Å². The van der Waals surface area contributed by atoms with Crippen LogP contribution in [0.3, 0.4) is 0 Å². The van der Waals surface area contributed by atoms with Gasteiger partial charge in [-0.3, -0.25) is 24.3 Å². The highest BCUT2D eigenvalue weighted by molar-refractivity contribution is 8.14. The number of imide groups is 1. The lowest BCUT2D eigenvalue weighted by Crippen LogP contribution is -2.31. The number of amides is 2. The van der Waals surface area contributed by atoms with Crippen LogP contribution < -0.4 is 15.0 Å². The number of nitrogens with zero attached hydrogens (tertiary/aromatic N) is 3. The van der Waals surface area contributed by atoms with Crippen LogP contribution in [0, 0.1) is 0 Å². The molecule has 3 aromatic rings. The first kappa shape index (κ1) is 22.4. The van der Waals surface area contributed by atoms with Crippen molar-refractivity contribution in [2.75, 3.05) is 33.1 Å². The summed E-state index contributed by atoms with van der Waals surface area (Å²) >= 11 is 0.967. The van der Waals surface area contributed by atoms with Gasteiger partial charge in [-0.15, -0.1) is 0 Å². The van der Waals surface area contributed by atoms with Gasteiger partial charge in [0.25, 0.3) is 10.8 Å². The number of hydrogen-bond donors (Lipinski definition) is 1. The van der Waals surface area contributed by atoms with Gasteiger partial charge in [0.2, 0.25) is 11.8 Å². The summed E-state index contributed by atoms with van der Waals surface area (Å²) in [4.78, 5) is 42.2. The number of ether oxygens (including phenoxy) is 2. The quantitative estimate of drug-likeness (QED) is 0.532. The largest absolute Gasteiger partial charge is 0.494 e. The molecule has 0 spiro atoms. The predicted octanol–water partition coefficient (Wildman–Crippen LogP) is 2.83. The third kappa shape index (κ3) is 4.17. The van der Waals surface area contributed by atoms with E-state index in [0.717, 1.165) is 16.7 Å². The second-order valence-corrected chi connectivity index (χ2v) is 8.02. The standard InChI is InChI=1S/C23H21N3O6S/c1-31-18-8-7-14(11-19(18)32-2)26-21(28)16-6-4-3-5-15(16)17(22(26)29)12-24-9-10-25-20(27)13-33-23(25)30/h3-8,11-12,29H,9-10,13H2,1-2H3. The Kier molecular flexibility index (Phi) is 6.36. The number of benzene rings is 2. The van der Waals surface area contributed by atoms with Crippen LogP contribution in [0.4, 0.5) is 4.79 Å². The summed E-state index contributed by atoms with van der Waals surface area (Å²) < 4.78 is 11.8. The minimum atomic E-state index is -0.405. The van der Waals surface area contributed by atoms with Crippen molar-refractivity contribution in [2.45, 2.75) is 0 Å². The van der Waals surface area contributed by atoms with Crippen LogP contribution in [-0.2, 0) is 4.79 Å². The molecule has 1 saturated heterocycles. The number of methoxy groups -OCH3 is 2. The Morgan fingerprint density at radius 2 is 1.79 bits per heavy atom. The molecule has 1 N–H and O–H groups in total. The summed E-state index contributed by atoms with van der Waals surface area (Å²) in [5.74, 6) is 0.502. The molecule has 0 unspecified atom stereocenters. The second kappa shape index (κ2) is 9.37. The summed E-state index contributed by atoms with van der Waals surface area (Å²) in [6.45, 7) is 0.316. The second-order valence-electron chi connectivity index (χ2n) is 7.10. The molecule has 1 aromatic heterocycles. The van der Waals surface area contributed by atoms with Crippen molar-refractivity contribution in [3.8, 4) is 23.1 Å². The Balaban J connectivity index is 1.76. The molecular weight excluding hydrogens is 446 g/mol. The van der Waals surface area contributed by atoms with Crippen LogP contribution in [-0.4, -0.2) is 65.0 Å². The zero-order valence-corrected chi connectivity index (χ0v) is 18.8. The molecule has 0 aliphatic carbocycles. The number of thioether (sulfide) groups is 1. The van der Waals surface area contributed by atoms with Crippen molar-refractivity contribution < 1.29 is 24.2 Å². The molecule has 2 heterocycles. The van der Waals surface area contributed by atoms with Gasteiger partial charge in [0.1, 0.15) is 0 Å². The average molecular weight is 468 g/mol. The molecule has 0 radical (unpaired) electrons. The van der Waals surface area contributed by atoms with E-state index < -0.39 is 5.56 Å². The molecule has 4 rings (SSSR count). The van der Waals surface area contributed by atoms with Crippen LogP contribution >= 0.6 is 11.8 Å². The van der Waals surface area contributed by atoms with Gasteiger partial charge in [-0.25, -0.2) is 4.57 Å². The highest BCUT2D eigenvalue weighted by atomic mass is 32.2. The van der Waals surface area contributed by atoms with Crippen molar-refractivity contribution in [1.29, 1.82) is 0 Å². The normalized spacial score (nSPS) is 13.9. The molecule has 9 nitrogen and oxygen atoms in total. The molecule has 0 atom stereocenters. The molecule has 33 heavy (non-hydrogen) atoms. The first-order valence-electron chi connectivity index (χ1n) is 10.0. The number of aliphatic imine (C=N–C) groups is 1. The van der Waals surface area contributed by atoms with Gasteiger partial charge < -0.3 is 14.6 Å². The maximum Gasteiger partial charge on any atom is 0.288 e. The van der Waals surface area contributed by atoms with Gasteiger partial charge in [0, 0.05) is 29.6 Å². The highest BCUT2D eigenvalue weighted by Gasteiger charge is 2.29. The lowest BCUT2D eigenvalue weighted by Gasteiger charge is -2.15. The number of hydrogen-bond acceptors (Lipinski definition) is 8. The van der Waals surface area contributed by atoms with E-state index in [2.05, 4.69) is 4.99 Å². The fourth-order valence-electron chi connectivity index (χ4n) is 3.60. The minimum absolute atomic E-state index is 0.143. The summed E-state index contributed by atoms with van der Waals surface area (Å²) in [6, 6.07) is 11.8. The fourth-order valence-corrected chi connectivity index (χ4v) is 4.36. The Bertz CT molecular complexity index is 1320. The van der Waals surface area contributed by atoms with E-state index in [9.17, 15) is 19.5 Å². The average Bonchev–Trinajstić information content (AvgIpc) is 3.15. The van der Waals surface area contributed by atoms with Crippen molar-refractivity contribution in [3.05, 3.63) is 58.4 Å². The lowest BCUT2D eigenvalue weighted by molar-refractivity contribution is -0.124. The van der Waals surface area contributed by atoms with E-state index >= 15 is 0 Å². The van der Waals surface area contributed by atoms with Gasteiger partial charge in [0.05, 0.1) is 37.8 Å². The first-order valence-corrected chi connectivity index (χ1v) is 11.0. The number of aromatic hydroxyl groups is 1. The summed E-state index contributed by atoms with van der Waals surface area (Å²) in [5.41, 5.74) is 0.326. The maximum atomic E-state index is 13.2. The van der Waals surface area contributed by atoms with Crippen LogP contribution in [0.25, 0.3) is 16.5 Å². The minimum Gasteiger partial charge on any atom is -0.494 e. The number of carbonyl (C=O) groups excluding carboxylic acids is 2. The van der Waals surface area contributed by atoms with E-state index in [1.807, 2.05) is 0 Å². The zero-order valence-electron chi connectivity index (χ0n) is 18.0. The summed E-state index contributed by atoms with van der Waals surface area (Å²) in [6.07, 6.45) is 1.45. The number of aromatic nitrogens is 1.